The van der Waals surface area contributed by atoms with Gasteiger partial charge in [-0.05, 0) is 99.5 Å². The van der Waals surface area contributed by atoms with E-state index >= 15 is 0 Å². The third-order valence-corrected chi connectivity index (χ3v) is 7.90. The van der Waals surface area contributed by atoms with Crippen molar-refractivity contribution in [3.8, 4) is 6.07 Å². The lowest BCUT2D eigenvalue weighted by Gasteiger charge is -2.38. The second-order valence-corrected chi connectivity index (χ2v) is 11.0. The van der Waals surface area contributed by atoms with Gasteiger partial charge in [0.2, 0.25) is 5.91 Å². The van der Waals surface area contributed by atoms with Crippen LogP contribution in [0.1, 0.15) is 80.5 Å². The zero-order valence-electron chi connectivity index (χ0n) is 23.2. The molecule has 2 atom stereocenters. The van der Waals surface area contributed by atoms with Gasteiger partial charge in [0, 0.05) is 18.3 Å². The number of anilines is 1. The van der Waals surface area contributed by atoms with Crippen LogP contribution in [-0.2, 0) is 23.7 Å². The Hall–Kier alpha value is -3.26. The lowest BCUT2D eigenvalue weighted by molar-refractivity contribution is -0.143. The Kier molecular flexibility index (Phi) is 10.3. The summed E-state index contributed by atoms with van der Waals surface area (Å²) in [5.41, 5.74) is 3.01. The number of piperidine rings is 1. The smallest absolute Gasteiger partial charge is 0.399 e. The molecule has 1 saturated heterocycles. The molecule has 2 aromatic rings. The van der Waals surface area contributed by atoms with E-state index in [1.54, 1.807) is 0 Å². The molecule has 0 bridgehead atoms. The molecular weight excluding hydrogens is 546 g/mol. The Morgan fingerprint density at radius 1 is 1.02 bits per heavy atom. The van der Waals surface area contributed by atoms with Gasteiger partial charge in [0.1, 0.15) is 5.41 Å². The number of nitrogen functional groups attached to an aromatic ring is 1. The first kappa shape index (κ1) is 32.3. The van der Waals surface area contributed by atoms with E-state index in [1.807, 2.05) is 18.2 Å². The van der Waals surface area contributed by atoms with E-state index in [1.165, 1.54) is 12.5 Å². The minimum absolute atomic E-state index is 0.0388. The largest absolute Gasteiger partial charge is 0.416 e. The maximum absolute atomic E-state index is 13.2. The summed E-state index contributed by atoms with van der Waals surface area (Å²) in [5, 5.41) is 12.2. The lowest BCUT2D eigenvalue weighted by Crippen LogP contribution is -2.43. The fourth-order valence-electron chi connectivity index (χ4n) is 5.38. The van der Waals surface area contributed by atoms with Crippen molar-refractivity contribution in [3.05, 3.63) is 64.7 Å². The summed E-state index contributed by atoms with van der Waals surface area (Å²) in [5.74, 6) is -0.304. The van der Waals surface area contributed by atoms with Crippen LogP contribution in [0, 0.1) is 16.7 Å². The van der Waals surface area contributed by atoms with Crippen molar-refractivity contribution < 1.29 is 31.1 Å². The zero-order chi connectivity index (χ0) is 30.4. The summed E-state index contributed by atoms with van der Waals surface area (Å²) in [6.45, 7) is 4.68. The molecule has 3 rings (SSSR count). The predicted octanol–water partition coefficient (Wildman–Crippen LogP) is 7.28. The van der Waals surface area contributed by atoms with Crippen molar-refractivity contribution in [1.82, 2.24) is 10.2 Å². The highest BCUT2D eigenvalue weighted by atomic mass is 19.4. The van der Waals surface area contributed by atoms with E-state index in [9.17, 15) is 36.4 Å². The molecule has 0 aliphatic carbocycles. The van der Waals surface area contributed by atoms with E-state index in [2.05, 4.69) is 29.3 Å². The number of hydrogen-bond acceptors (Lipinski definition) is 4. The van der Waals surface area contributed by atoms with Gasteiger partial charge in [-0.2, -0.15) is 31.6 Å². The number of carbonyl (C=O) groups is 1. The van der Waals surface area contributed by atoms with E-state index in [4.69, 9.17) is 5.73 Å². The molecular formula is C30H36F6N4O. The minimum Gasteiger partial charge on any atom is -0.399 e. The average molecular weight is 583 g/mol. The molecule has 1 aliphatic heterocycles. The number of likely N-dealkylation sites (tertiary alicyclic amines) is 1. The summed E-state index contributed by atoms with van der Waals surface area (Å²) in [6.07, 6.45) is -5.49. The first-order chi connectivity index (χ1) is 19.2. The lowest BCUT2D eigenvalue weighted by atomic mass is 9.82. The van der Waals surface area contributed by atoms with Crippen LogP contribution in [0.4, 0.5) is 32.0 Å². The molecule has 1 fully saturated rings. The SMILES string of the molecule is CCCC(CCC(C)(C#N)C(=O)NCc1cc(C(F)(F)F)cc(C(F)(F)F)c1)N1CCC(c2ccc(N)cc2)CC1. The molecule has 224 valence electrons. The number of hydrogen-bond donors (Lipinski definition) is 2. The number of rotatable bonds is 10. The van der Waals surface area contributed by atoms with Crippen molar-refractivity contribution in [2.24, 2.45) is 5.41 Å². The van der Waals surface area contributed by atoms with Gasteiger partial charge in [0.05, 0.1) is 17.2 Å². The second kappa shape index (κ2) is 13.1. The van der Waals surface area contributed by atoms with Crippen LogP contribution in [0.25, 0.3) is 0 Å². The molecule has 2 unspecified atom stereocenters. The number of amides is 1. The molecule has 41 heavy (non-hydrogen) atoms. The molecule has 1 heterocycles. The van der Waals surface area contributed by atoms with Crippen molar-refractivity contribution in [3.63, 3.8) is 0 Å². The molecule has 5 nitrogen and oxygen atoms in total. The van der Waals surface area contributed by atoms with E-state index in [0.29, 0.717) is 24.5 Å². The Labute approximate surface area is 236 Å². The van der Waals surface area contributed by atoms with Crippen LogP contribution in [0.5, 0.6) is 0 Å². The van der Waals surface area contributed by atoms with Crippen LogP contribution in [-0.4, -0.2) is 29.9 Å². The fourth-order valence-corrected chi connectivity index (χ4v) is 5.38. The number of nitrogens with zero attached hydrogens (tertiary/aromatic N) is 2. The highest BCUT2D eigenvalue weighted by molar-refractivity contribution is 5.84. The Morgan fingerprint density at radius 2 is 1.59 bits per heavy atom. The highest BCUT2D eigenvalue weighted by Crippen LogP contribution is 2.37. The highest BCUT2D eigenvalue weighted by Gasteiger charge is 2.38. The van der Waals surface area contributed by atoms with Gasteiger partial charge < -0.3 is 16.0 Å². The monoisotopic (exact) mass is 582 g/mol. The number of alkyl halides is 6. The van der Waals surface area contributed by atoms with Gasteiger partial charge in [-0.15, -0.1) is 0 Å². The third-order valence-electron chi connectivity index (χ3n) is 7.90. The molecule has 11 heteroatoms. The summed E-state index contributed by atoms with van der Waals surface area (Å²) in [4.78, 5) is 15.4. The van der Waals surface area contributed by atoms with Gasteiger partial charge in [0.25, 0.3) is 0 Å². The molecule has 2 aromatic carbocycles. The number of benzene rings is 2. The van der Waals surface area contributed by atoms with Crippen LogP contribution < -0.4 is 11.1 Å². The van der Waals surface area contributed by atoms with Crippen molar-refractivity contribution in [2.75, 3.05) is 18.8 Å². The zero-order valence-corrected chi connectivity index (χ0v) is 23.2. The van der Waals surface area contributed by atoms with Gasteiger partial charge in [0.15, 0.2) is 0 Å². The standard InChI is InChI=1S/C30H36F6N4O/c1-3-4-26(40-13-10-22(11-14-40)21-5-7-25(38)8-6-21)9-12-28(2,19-37)27(41)39-18-20-15-23(29(31,32)33)17-24(16-20)30(34,35)36/h5-8,15-17,22,26H,3-4,9-14,18,38H2,1-2H3,(H,39,41). The van der Waals surface area contributed by atoms with E-state index < -0.39 is 41.3 Å². The quantitative estimate of drug-likeness (QED) is 0.228. The number of nitriles is 1. The fraction of sp³-hybridized carbons (Fsp3) is 0.533. The first-order valence-electron chi connectivity index (χ1n) is 13.7. The summed E-state index contributed by atoms with van der Waals surface area (Å²) in [6, 6.07) is 11.3. The van der Waals surface area contributed by atoms with Crippen molar-refractivity contribution in [2.45, 2.75) is 83.2 Å². The number of nitrogens with two attached hydrogens (primary N) is 1. The summed E-state index contributed by atoms with van der Waals surface area (Å²) in [7, 11) is 0. The number of halogens is 6. The maximum Gasteiger partial charge on any atom is 0.416 e. The van der Waals surface area contributed by atoms with E-state index in [-0.39, 0.29) is 24.1 Å². The Morgan fingerprint density at radius 3 is 2.07 bits per heavy atom. The van der Waals surface area contributed by atoms with Crippen LogP contribution in [0.3, 0.4) is 0 Å². The minimum atomic E-state index is -4.99. The topological polar surface area (TPSA) is 82.2 Å². The van der Waals surface area contributed by atoms with Gasteiger partial charge in [-0.1, -0.05) is 25.5 Å². The van der Waals surface area contributed by atoms with Crippen molar-refractivity contribution in [1.29, 1.82) is 5.26 Å². The third kappa shape index (κ3) is 8.62. The van der Waals surface area contributed by atoms with E-state index in [0.717, 1.165) is 44.5 Å². The molecule has 3 N–H and O–H groups in total. The molecule has 0 radical (unpaired) electrons. The molecule has 0 aromatic heterocycles. The number of carbonyl (C=O) groups excluding carboxylic acids is 1. The Bertz CT molecular complexity index is 1180. The molecule has 0 saturated carbocycles. The summed E-state index contributed by atoms with van der Waals surface area (Å²) < 4.78 is 79.1. The predicted molar refractivity (Wildman–Crippen MR) is 144 cm³/mol. The first-order valence-corrected chi connectivity index (χ1v) is 13.7. The normalized spacial score (nSPS) is 17.4. The molecule has 1 amide bonds. The molecule has 0 spiro atoms. The van der Waals surface area contributed by atoms with Gasteiger partial charge in [-0.3, -0.25) is 4.79 Å². The van der Waals surface area contributed by atoms with Gasteiger partial charge >= 0.3 is 12.4 Å². The Balaban J connectivity index is 1.63. The van der Waals surface area contributed by atoms with Crippen LogP contribution in [0.15, 0.2) is 42.5 Å². The number of nitrogens with one attached hydrogen (secondary N) is 1. The summed E-state index contributed by atoms with van der Waals surface area (Å²) >= 11 is 0. The van der Waals surface area contributed by atoms with Crippen LogP contribution in [0.2, 0.25) is 0 Å². The maximum atomic E-state index is 13.2. The van der Waals surface area contributed by atoms with Crippen LogP contribution >= 0.6 is 0 Å². The van der Waals surface area contributed by atoms with Gasteiger partial charge in [-0.25, -0.2) is 0 Å². The average Bonchev–Trinajstić information content (AvgIpc) is 2.93. The molecule has 1 aliphatic rings. The van der Waals surface area contributed by atoms with Crippen molar-refractivity contribution >= 4 is 11.6 Å². The second-order valence-electron chi connectivity index (χ2n) is 11.0.